The molecule has 44 heavy (non-hydrogen) atoms. The summed E-state index contributed by atoms with van der Waals surface area (Å²) in [5.74, 6) is -0.884. The van der Waals surface area contributed by atoms with Crippen molar-refractivity contribution in [3.63, 3.8) is 0 Å². The maximum atomic E-state index is 13.4. The highest BCUT2D eigenvalue weighted by atomic mass is 16.6. The number of ether oxygens (including phenoxy) is 1. The molecule has 1 aliphatic rings. The number of nitrogens with one attached hydrogen (secondary N) is 3. The highest BCUT2D eigenvalue weighted by Crippen LogP contribution is 2.27. The number of nitrogens with zero attached hydrogens (tertiary/aromatic N) is 3. The normalized spacial score (nSPS) is 14.9. The van der Waals surface area contributed by atoms with Crippen LogP contribution in [0, 0.1) is 0 Å². The van der Waals surface area contributed by atoms with Crippen molar-refractivity contribution in [2.45, 2.75) is 77.6 Å². The number of fused-ring (bicyclic) bond motifs is 2. The number of rotatable bonds is 12. The first kappa shape index (κ1) is 32.3. The Hall–Kier alpha value is -4.61. The minimum absolute atomic E-state index is 0.197. The van der Waals surface area contributed by atoms with Crippen LogP contribution in [0.5, 0.6) is 0 Å². The molecule has 4 N–H and O–H groups in total. The Morgan fingerprint density at radius 1 is 1.11 bits per heavy atom. The topological polar surface area (TPSA) is 157 Å². The Morgan fingerprint density at radius 2 is 1.86 bits per heavy atom. The van der Waals surface area contributed by atoms with Crippen LogP contribution >= 0.6 is 0 Å². The Morgan fingerprint density at radius 3 is 2.59 bits per heavy atom. The van der Waals surface area contributed by atoms with Crippen LogP contribution < -0.4 is 10.6 Å². The quantitative estimate of drug-likeness (QED) is 0.219. The first-order valence-corrected chi connectivity index (χ1v) is 15.0. The van der Waals surface area contributed by atoms with E-state index in [0.717, 1.165) is 35.9 Å². The SMILES string of the molecule is CN(Cc1nc2ccccc2[nH]1)C(=O)c1ccc2c(c1)CN(CCCCCCNC(=O)OC(C)(C)C)C(=O)[C@@H](CC(=O)O)N2. The van der Waals surface area contributed by atoms with Gasteiger partial charge in [-0.25, -0.2) is 9.78 Å². The number of carboxylic acid groups (broad SMARTS) is 1. The van der Waals surface area contributed by atoms with E-state index in [4.69, 9.17) is 4.74 Å². The third-order valence-corrected chi connectivity index (χ3v) is 7.23. The van der Waals surface area contributed by atoms with E-state index in [2.05, 4.69) is 20.6 Å². The largest absolute Gasteiger partial charge is 0.481 e. The van der Waals surface area contributed by atoms with E-state index in [1.807, 2.05) is 45.0 Å². The van der Waals surface area contributed by atoms with Crippen LogP contribution in [0.15, 0.2) is 42.5 Å². The second kappa shape index (κ2) is 14.2. The van der Waals surface area contributed by atoms with E-state index in [0.29, 0.717) is 43.1 Å². The molecule has 12 heteroatoms. The predicted molar refractivity (Wildman–Crippen MR) is 166 cm³/mol. The highest BCUT2D eigenvalue weighted by molar-refractivity contribution is 5.95. The van der Waals surface area contributed by atoms with Gasteiger partial charge in [-0.05, 0) is 69.5 Å². The van der Waals surface area contributed by atoms with Gasteiger partial charge in [-0.3, -0.25) is 14.4 Å². The molecule has 2 heterocycles. The molecule has 236 valence electrons. The number of carbonyl (C=O) groups is 4. The van der Waals surface area contributed by atoms with Gasteiger partial charge < -0.3 is 35.3 Å². The Labute approximate surface area is 257 Å². The van der Waals surface area contributed by atoms with Gasteiger partial charge in [-0.1, -0.05) is 25.0 Å². The fourth-order valence-electron chi connectivity index (χ4n) is 5.14. The summed E-state index contributed by atoms with van der Waals surface area (Å²) in [4.78, 5) is 61.1. The van der Waals surface area contributed by atoms with Crippen LogP contribution in [0.2, 0.25) is 0 Å². The summed E-state index contributed by atoms with van der Waals surface area (Å²) in [6, 6.07) is 12.0. The molecule has 1 aliphatic heterocycles. The lowest BCUT2D eigenvalue weighted by molar-refractivity contribution is -0.141. The number of benzene rings is 2. The van der Waals surface area contributed by atoms with E-state index < -0.39 is 23.7 Å². The lowest BCUT2D eigenvalue weighted by Gasteiger charge is -2.24. The van der Waals surface area contributed by atoms with Gasteiger partial charge in [0.2, 0.25) is 5.91 Å². The molecule has 0 fully saturated rings. The molecule has 1 aromatic heterocycles. The molecule has 3 amide bonds. The monoisotopic (exact) mass is 606 g/mol. The molecule has 0 radical (unpaired) electrons. The first-order chi connectivity index (χ1) is 20.9. The van der Waals surface area contributed by atoms with Gasteiger partial charge in [-0.15, -0.1) is 0 Å². The Bertz CT molecular complexity index is 1460. The van der Waals surface area contributed by atoms with Crippen LogP contribution in [0.25, 0.3) is 11.0 Å². The standard InChI is InChI=1S/C32H42N6O6/c1-32(2,3)44-31(43)33-15-9-5-6-10-16-38-19-22-17-21(13-14-23(22)34-26(30(38)42)18-28(39)40)29(41)37(4)20-27-35-24-11-7-8-12-25(24)36-27/h7-8,11-14,17,26,34H,5-6,9-10,15-16,18-20H2,1-4H3,(H,33,43)(H,35,36)(H,39,40)/t26-/m1/s1. The molecule has 2 aromatic carbocycles. The molecular formula is C32H42N6O6. The average Bonchev–Trinajstić information content (AvgIpc) is 3.31. The molecule has 0 unspecified atom stereocenters. The maximum absolute atomic E-state index is 13.4. The van der Waals surface area contributed by atoms with Crippen molar-refractivity contribution >= 4 is 40.6 Å². The second-order valence-corrected chi connectivity index (χ2v) is 12.1. The van der Waals surface area contributed by atoms with Gasteiger partial charge in [0.1, 0.15) is 17.5 Å². The zero-order valence-corrected chi connectivity index (χ0v) is 25.8. The zero-order valence-electron chi connectivity index (χ0n) is 25.8. The van der Waals surface area contributed by atoms with Crippen molar-refractivity contribution in [1.82, 2.24) is 25.1 Å². The van der Waals surface area contributed by atoms with Crippen LogP contribution in [0.1, 0.15) is 74.6 Å². The average molecular weight is 607 g/mol. The van der Waals surface area contributed by atoms with Crippen LogP contribution in [-0.4, -0.2) is 80.5 Å². The molecule has 0 saturated carbocycles. The van der Waals surface area contributed by atoms with Gasteiger partial charge in [0, 0.05) is 37.9 Å². The van der Waals surface area contributed by atoms with Crippen molar-refractivity contribution in [2.75, 3.05) is 25.5 Å². The summed E-state index contributed by atoms with van der Waals surface area (Å²) in [5.41, 5.74) is 3.03. The van der Waals surface area contributed by atoms with Gasteiger partial charge in [0.05, 0.1) is 24.0 Å². The molecular weight excluding hydrogens is 564 g/mol. The van der Waals surface area contributed by atoms with E-state index in [1.165, 1.54) is 0 Å². The van der Waals surface area contributed by atoms with Crippen molar-refractivity contribution in [1.29, 1.82) is 0 Å². The van der Waals surface area contributed by atoms with E-state index in [1.54, 1.807) is 35.0 Å². The van der Waals surface area contributed by atoms with E-state index in [9.17, 15) is 24.3 Å². The smallest absolute Gasteiger partial charge is 0.407 e. The minimum atomic E-state index is -1.07. The predicted octanol–water partition coefficient (Wildman–Crippen LogP) is 4.52. The summed E-state index contributed by atoms with van der Waals surface area (Å²) in [6.07, 6.45) is 2.36. The highest BCUT2D eigenvalue weighted by Gasteiger charge is 2.31. The number of H-pyrrole nitrogens is 1. The van der Waals surface area contributed by atoms with Crippen molar-refractivity contribution in [2.24, 2.45) is 0 Å². The van der Waals surface area contributed by atoms with E-state index in [-0.39, 0.29) is 24.8 Å². The number of para-hydroxylation sites is 2. The third kappa shape index (κ3) is 8.95. The number of alkyl carbamates (subject to hydrolysis) is 1. The van der Waals surface area contributed by atoms with Crippen LogP contribution in [0.3, 0.4) is 0 Å². The number of unbranched alkanes of at least 4 members (excludes halogenated alkanes) is 3. The van der Waals surface area contributed by atoms with E-state index >= 15 is 0 Å². The molecule has 0 spiro atoms. The van der Waals surface area contributed by atoms with Crippen LogP contribution in [-0.2, 0) is 27.4 Å². The number of aromatic nitrogens is 2. The number of hydrogen-bond donors (Lipinski definition) is 4. The third-order valence-electron chi connectivity index (χ3n) is 7.23. The van der Waals surface area contributed by atoms with Gasteiger partial charge in [-0.2, -0.15) is 0 Å². The van der Waals surface area contributed by atoms with Gasteiger partial charge in [0.25, 0.3) is 5.91 Å². The minimum Gasteiger partial charge on any atom is -0.481 e. The number of amides is 3. The van der Waals surface area contributed by atoms with Crippen molar-refractivity contribution in [3.8, 4) is 0 Å². The lowest BCUT2D eigenvalue weighted by Crippen LogP contribution is -2.42. The fourth-order valence-corrected chi connectivity index (χ4v) is 5.14. The number of carboxylic acids is 1. The number of aliphatic carboxylic acids is 1. The number of carbonyl (C=O) groups excluding carboxylic acids is 3. The molecule has 0 bridgehead atoms. The molecule has 0 saturated heterocycles. The fraction of sp³-hybridized carbons (Fsp3) is 0.469. The summed E-state index contributed by atoms with van der Waals surface area (Å²) < 4.78 is 5.24. The lowest BCUT2D eigenvalue weighted by atomic mass is 10.1. The number of imidazole rings is 1. The van der Waals surface area contributed by atoms with Crippen molar-refractivity contribution in [3.05, 3.63) is 59.4 Å². The Balaban J connectivity index is 1.37. The second-order valence-electron chi connectivity index (χ2n) is 12.1. The first-order valence-electron chi connectivity index (χ1n) is 15.0. The molecule has 0 aliphatic carbocycles. The Kier molecular flexibility index (Phi) is 10.5. The molecule has 1 atom stereocenters. The zero-order chi connectivity index (χ0) is 31.9. The van der Waals surface area contributed by atoms with Gasteiger partial charge >= 0.3 is 12.1 Å². The van der Waals surface area contributed by atoms with Crippen LogP contribution in [0.4, 0.5) is 10.5 Å². The van der Waals surface area contributed by atoms with Gasteiger partial charge in [0.15, 0.2) is 0 Å². The maximum Gasteiger partial charge on any atom is 0.407 e. The molecule has 3 aromatic rings. The summed E-state index contributed by atoms with van der Waals surface area (Å²) in [6.45, 7) is 6.93. The summed E-state index contributed by atoms with van der Waals surface area (Å²) in [5, 5.41) is 15.3. The number of aromatic amines is 1. The molecule has 4 rings (SSSR count). The van der Waals surface area contributed by atoms with Crippen molar-refractivity contribution < 1.29 is 29.0 Å². The summed E-state index contributed by atoms with van der Waals surface area (Å²) in [7, 11) is 1.71. The summed E-state index contributed by atoms with van der Waals surface area (Å²) >= 11 is 0. The number of hydrogen-bond acceptors (Lipinski definition) is 7. The number of anilines is 1. The molecule has 12 nitrogen and oxygen atoms in total.